The molecule has 0 saturated carbocycles. The van der Waals surface area contributed by atoms with Crippen LogP contribution in [0.15, 0.2) is 41.3 Å². The van der Waals surface area contributed by atoms with E-state index in [0.29, 0.717) is 27.6 Å². The number of halogens is 6. The van der Waals surface area contributed by atoms with Crippen molar-refractivity contribution in [2.24, 2.45) is 0 Å². The maximum absolute atomic E-state index is 13.4. The number of hydrogen-bond donors (Lipinski definition) is 1. The second kappa shape index (κ2) is 7.85. The predicted molar refractivity (Wildman–Crippen MR) is 90.4 cm³/mol. The van der Waals surface area contributed by atoms with Crippen LogP contribution in [0.5, 0.6) is 0 Å². The Kier molecular flexibility index (Phi) is 5.76. The Labute approximate surface area is 169 Å². The lowest BCUT2D eigenvalue weighted by Crippen LogP contribution is -2.75. The molecule has 0 aromatic heterocycles. The number of alkyl halides is 6. The summed E-state index contributed by atoms with van der Waals surface area (Å²) in [5.74, 6) is -5.04. The number of thioether (sulfide) groups is 1. The SMILES string of the molecule is O=C(OCc1ccccc1)C1C(C(F)(F)F)=CSC2[C@@H](NC(=O)C(F)(F)F)C(=O)N12. The Morgan fingerprint density at radius 2 is 1.73 bits per heavy atom. The molecule has 1 fully saturated rings. The molecule has 0 radical (unpaired) electrons. The number of hydrogen-bond acceptors (Lipinski definition) is 5. The summed E-state index contributed by atoms with van der Waals surface area (Å²) >= 11 is 0.381. The van der Waals surface area contributed by atoms with Crippen molar-refractivity contribution in [3.63, 3.8) is 0 Å². The Balaban J connectivity index is 1.80. The van der Waals surface area contributed by atoms with Gasteiger partial charge >= 0.3 is 24.2 Å². The van der Waals surface area contributed by atoms with Crippen molar-refractivity contribution < 1.29 is 45.5 Å². The summed E-state index contributed by atoms with van der Waals surface area (Å²) in [7, 11) is 0. The van der Waals surface area contributed by atoms with Crippen LogP contribution in [-0.2, 0) is 25.7 Å². The fraction of sp³-hybridized carbons (Fsp3) is 0.353. The zero-order chi connectivity index (χ0) is 22.3. The standard InChI is InChI=1S/C17H12F6N2O4S/c18-16(19,20)9-7-30-13-10(24-15(28)17(21,22)23)12(26)25(13)11(9)14(27)29-6-8-4-2-1-3-5-8/h1-5,7,10-11,13H,6H2,(H,24,28)/t10-,11?,13?/m0/s1. The van der Waals surface area contributed by atoms with Crippen LogP contribution in [0.3, 0.4) is 0 Å². The average Bonchev–Trinajstić information content (AvgIpc) is 2.67. The monoisotopic (exact) mass is 454 g/mol. The third kappa shape index (κ3) is 4.25. The highest BCUT2D eigenvalue weighted by Crippen LogP contribution is 2.45. The molecule has 162 valence electrons. The second-order valence-electron chi connectivity index (χ2n) is 6.29. The zero-order valence-corrected chi connectivity index (χ0v) is 15.5. The van der Waals surface area contributed by atoms with Crippen molar-refractivity contribution in [3.8, 4) is 0 Å². The van der Waals surface area contributed by atoms with E-state index in [4.69, 9.17) is 4.74 Å². The normalized spacial score (nSPS) is 23.8. The van der Waals surface area contributed by atoms with Crippen molar-refractivity contribution in [1.29, 1.82) is 0 Å². The summed E-state index contributed by atoms with van der Waals surface area (Å²) in [4.78, 5) is 36.2. The molecule has 2 amide bonds. The number of esters is 1. The number of amides is 2. The molecule has 30 heavy (non-hydrogen) atoms. The summed E-state index contributed by atoms with van der Waals surface area (Å²) in [5.41, 5.74) is -0.897. The molecule has 0 aliphatic carbocycles. The first-order valence-electron chi connectivity index (χ1n) is 8.24. The maximum Gasteiger partial charge on any atom is 0.471 e. The first kappa shape index (κ1) is 22.0. The number of carbonyl (C=O) groups is 3. The number of carbonyl (C=O) groups excluding carboxylic acids is 3. The van der Waals surface area contributed by atoms with E-state index >= 15 is 0 Å². The van der Waals surface area contributed by atoms with Gasteiger partial charge in [-0.3, -0.25) is 9.59 Å². The van der Waals surface area contributed by atoms with Gasteiger partial charge in [0.15, 0.2) is 6.04 Å². The molecule has 3 rings (SSSR count). The lowest BCUT2D eigenvalue weighted by atomic mass is 9.97. The van der Waals surface area contributed by atoms with Crippen LogP contribution in [0.4, 0.5) is 26.3 Å². The van der Waals surface area contributed by atoms with Gasteiger partial charge in [-0.15, -0.1) is 11.8 Å². The Bertz CT molecular complexity index is 886. The second-order valence-corrected chi connectivity index (χ2v) is 7.28. The number of ether oxygens (including phenoxy) is 1. The number of rotatable bonds is 4. The number of benzene rings is 1. The van der Waals surface area contributed by atoms with Crippen LogP contribution in [0.2, 0.25) is 0 Å². The highest BCUT2D eigenvalue weighted by molar-refractivity contribution is 8.03. The molecule has 6 nitrogen and oxygen atoms in total. The summed E-state index contributed by atoms with van der Waals surface area (Å²) in [5, 5.41) is 0.672. The van der Waals surface area contributed by atoms with Gasteiger partial charge in [0.2, 0.25) is 5.91 Å². The molecule has 1 aromatic carbocycles. The van der Waals surface area contributed by atoms with Crippen molar-refractivity contribution in [2.75, 3.05) is 0 Å². The number of nitrogens with one attached hydrogen (secondary N) is 1. The van der Waals surface area contributed by atoms with Gasteiger partial charge in [-0.25, -0.2) is 4.79 Å². The molecule has 0 bridgehead atoms. The van der Waals surface area contributed by atoms with E-state index in [1.54, 1.807) is 30.3 Å². The van der Waals surface area contributed by atoms with Crippen LogP contribution in [0, 0.1) is 0 Å². The minimum absolute atomic E-state index is 0.366. The smallest absolute Gasteiger partial charge is 0.459 e. The summed E-state index contributed by atoms with van der Waals surface area (Å²) < 4.78 is 82.3. The predicted octanol–water partition coefficient (Wildman–Crippen LogP) is 2.51. The summed E-state index contributed by atoms with van der Waals surface area (Å²) in [6, 6.07) is 4.11. The highest BCUT2D eigenvalue weighted by Gasteiger charge is 2.61. The third-order valence-corrected chi connectivity index (χ3v) is 5.47. The van der Waals surface area contributed by atoms with Gasteiger partial charge in [-0.2, -0.15) is 26.3 Å². The van der Waals surface area contributed by atoms with Gasteiger partial charge < -0.3 is 15.0 Å². The van der Waals surface area contributed by atoms with Crippen molar-refractivity contribution >= 4 is 29.5 Å². The first-order chi connectivity index (χ1) is 13.9. The molecule has 2 aliphatic heterocycles. The van der Waals surface area contributed by atoms with Crippen molar-refractivity contribution in [1.82, 2.24) is 10.2 Å². The summed E-state index contributed by atoms with van der Waals surface area (Å²) in [6.45, 7) is -0.366. The van der Waals surface area contributed by atoms with Gasteiger partial charge in [-0.1, -0.05) is 30.3 Å². The number of nitrogens with zero attached hydrogens (tertiary/aromatic N) is 1. The van der Waals surface area contributed by atoms with E-state index in [1.165, 1.54) is 5.32 Å². The maximum atomic E-state index is 13.4. The highest BCUT2D eigenvalue weighted by atomic mass is 32.2. The molecule has 1 aromatic rings. The minimum Gasteiger partial charge on any atom is -0.459 e. The van der Waals surface area contributed by atoms with Gasteiger partial charge in [0.25, 0.3) is 0 Å². The molecular formula is C17H12F6N2O4S. The fourth-order valence-electron chi connectivity index (χ4n) is 2.89. The summed E-state index contributed by atoms with van der Waals surface area (Å²) in [6.07, 6.45) is -10.3. The Hall–Kier alpha value is -2.70. The van der Waals surface area contributed by atoms with E-state index < -0.39 is 53.2 Å². The van der Waals surface area contributed by atoms with Crippen LogP contribution < -0.4 is 5.32 Å². The molecule has 1 saturated heterocycles. The van der Waals surface area contributed by atoms with Gasteiger partial charge in [-0.05, 0) is 11.0 Å². The molecule has 13 heteroatoms. The van der Waals surface area contributed by atoms with E-state index in [0.717, 1.165) is 0 Å². The Morgan fingerprint density at radius 3 is 2.30 bits per heavy atom. The van der Waals surface area contributed by atoms with E-state index in [1.807, 2.05) is 0 Å². The van der Waals surface area contributed by atoms with Crippen LogP contribution in [0.1, 0.15) is 5.56 Å². The molecule has 2 unspecified atom stereocenters. The van der Waals surface area contributed by atoms with Crippen molar-refractivity contribution in [2.45, 2.75) is 36.4 Å². The largest absolute Gasteiger partial charge is 0.471 e. The van der Waals surface area contributed by atoms with Gasteiger partial charge in [0.1, 0.15) is 18.0 Å². The average molecular weight is 454 g/mol. The minimum atomic E-state index is -5.28. The topological polar surface area (TPSA) is 75.7 Å². The first-order valence-corrected chi connectivity index (χ1v) is 9.18. The van der Waals surface area contributed by atoms with E-state index in [2.05, 4.69) is 0 Å². The molecule has 0 spiro atoms. The fourth-order valence-corrected chi connectivity index (χ4v) is 4.14. The van der Waals surface area contributed by atoms with Crippen molar-refractivity contribution in [3.05, 3.63) is 46.9 Å². The Morgan fingerprint density at radius 1 is 1.10 bits per heavy atom. The molecule has 2 heterocycles. The van der Waals surface area contributed by atoms with Crippen LogP contribution >= 0.6 is 11.8 Å². The van der Waals surface area contributed by atoms with Crippen LogP contribution in [0.25, 0.3) is 0 Å². The van der Waals surface area contributed by atoms with Crippen LogP contribution in [-0.4, -0.2) is 52.5 Å². The lowest BCUT2D eigenvalue weighted by Gasteiger charge is -2.51. The quantitative estimate of drug-likeness (QED) is 0.430. The van der Waals surface area contributed by atoms with E-state index in [9.17, 15) is 40.7 Å². The lowest BCUT2D eigenvalue weighted by molar-refractivity contribution is -0.180. The zero-order valence-electron chi connectivity index (χ0n) is 14.7. The van der Waals surface area contributed by atoms with Gasteiger partial charge in [0.05, 0.1) is 5.57 Å². The molecule has 2 aliphatic rings. The number of fused-ring (bicyclic) bond motifs is 1. The molecule has 3 atom stereocenters. The third-order valence-electron chi connectivity index (χ3n) is 4.31. The van der Waals surface area contributed by atoms with Gasteiger partial charge in [0, 0.05) is 0 Å². The number of β-lactam (4-membered cyclic amide) rings is 1. The van der Waals surface area contributed by atoms with E-state index in [-0.39, 0.29) is 6.61 Å². The molecular weight excluding hydrogens is 442 g/mol. The molecule has 1 N–H and O–H groups in total.